The summed E-state index contributed by atoms with van der Waals surface area (Å²) in [5.41, 5.74) is 7.80. The quantitative estimate of drug-likeness (QED) is 0.284. The maximum atomic E-state index is 11.2. The molecule has 2 fully saturated rings. The number of carbonyl (C=O) groups is 1. The molecule has 1 aliphatic heterocycles. The summed E-state index contributed by atoms with van der Waals surface area (Å²) in [6.07, 6.45) is -5.11. The molecule has 1 heterocycles. The van der Waals surface area contributed by atoms with Gasteiger partial charge in [0.05, 0.1) is 11.8 Å². The highest BCUT2D eigenvalue weighted by atomic mass is 79.9. The number of nitrogens with two attached hydrogens (primary N) is 1. The van der Waals surface area contributed by atoms with Gasteiger partial charge < -0.3 is 41.0 Å². The Kier molecular flexibility index (Phi) is 8.13. The van der Waals surface area contributed by atoms with Gasteiger partial charge in [-0.15, -0.1) is 0 Å². The van der Waals surface area contributed by atoms with Crippen molar-refractivity contribution in [1.82, 2.24) is 5.32 Å². The first-order chi connectivity index (χ1) is 14.2. The second-order valence-electron chi connectivity index (χ2n) is 7.69. The van der Waals surface area contributed by atoms with Gasteiger partial charge in [-0.05, 0) is 59.3 Å². The van der Waals surface area contributed by atoms with E-state index in [1.165, 1.54) is 0 Å². The second-order valence-corrected chi connectivity index (χ2v) is 9.46. The summed E-state index contributed by atoms with van der Waals surface area (Å²) < 4.78 is 12.7. The Morgan fingerprint density at radius 1 is 1.13 bits per heavy atom. The van der Waals surface area contributed by atoms with Crippen LogP contribution in [0.1, 0.15) is 31.2 Å². The third-order valence-corrected chi connectivity index (χ3v) is 6.69. The Morgan fingerprint density at radius 2 is 1.80 bits per heavy atom. The van der Waals surface area contributed by atoms with Gasteiger partial charge in [0, 0.05) is 21.5 Å². The largest absolute Gasteiger partial charge is 0.479 e. The molecule has 1 aromatic rings. The topological polar surface area (TPSA) is 154 Å². The predicted molar refractivity (Wildman–Crippen MR) is 115 cm³/mol. The number of aliphatic hydroxyl groups excluding tert-OH is 3. The zero-order chi connectivity index (χ0) is 22.0. The van der Waals surface area contributed by atoms with Crippen LogP contribution in [0.5, 0.6) is 0 Å². The predicted octanol–water partition coefficient (Wildman–Crippen LogP) is 1.10. The molecular formula is C19H26Br2N2O7. The van der Waals surface area contributed by atoms with Crippen LogP contribution in [0.3, 0.4) is 0 Å². The van der Waals surface area contributed by atoms with Crippen molar-refractivity contribution < 1.29 is 34.7 Å². The summed E-state index contributed by atoms with van der Waals surface area (Å²) in [5, 5.41) is 42.3. The number of hydrogen-bond acceptors (Lipinski definition) is 8. The van der Waals surface area contributed by atoms with Crippen molar-refractivity contribution in [1.29, 1.82) is 0 Å². The van der Waals surface area contributed by atoms with E-state index < -0.39 is 36.7 Å². The summed E-state index contributed by atoms with van der Waals surface area (Å²) in [6, 6.07) is 4.13. The Labute approximate surface area is 190 Å². The van der Waals surface area contributed by atoms with E-state index in [9.17, 15) is 20.1 Å². The number of carboxylic acids is 1. The van der Waals surface area contributed by atoms with Crippen molar-refractivity contribution in [2.75, 3.05) is 5.73 Å². The zero-order valence-corrected chi connectivity index (χ0v) is 19.3. The summed E-state index contributed by atoms with van der Waals surface area (Å²) >= 11 is 6.90. The lowest BCUT2D eigenvalue weighted by molar-refractivity contribution is -0.306. The molecule has 3 rings (SSSR count). The van der Waals surface area contributed by atoms with Gasteiger partial charge in [0.25, 0.3) is 0 Å². The van der Waals surface area contributed by atoms with Crippen LogP contribution in [-0.2, 0) is 20.8 Å². The third kappa shape index (κ3) is 5.52. The van der Waals surface area contributed by atoms with Crippen LogP contribution < -0.4 is 11.1 Å². The number of ether oxygens (including phenoxy) is 2. The summed E-state index contributed by atoms with van der Waals surface area (Å²) in [7, 11) is 0. The minimum Gasteiger partial charge on any atom is -0.479 e. The van der Waals surface area contributed by atoms with Crippen LogP contribution >= 0.6 is 31.9 Å². The summed E-state index contributed by atoms with van der Waals surface area (Å²) in [4.78, 5) is 11.2. The van der Waals surface area contributed by atoms with Gasteiger partial charge in [0.1, 0.15) is 18.3 Å². The maximum absolute atomic E-state index is 11.2. The highest BCUT2D eigenvalue weighted by Crippen LogP contribution is 2.30. The van der Waals surface area contributed by atoms with Crippen LogP contribution in [0.15, 0.2) is 21.1 Å². The molecular weight excluding hydrogens is 528 g/mol. The first kappa shape index (κ1) is 23.9. The van der Waals surface area contributed by atoms with Gasteiger partial charge in [-0.3, -0.25) is 0 Å². The van der Waals surface area contributed by atoms with Gasteiger partial charge in [-0.1, -0.05) is 15.9 Å². The lowest BCUT2D eigenvalue weighted by atomic mass is 9.92. The minimum absolute atomic E-state index is 0.246. The third-order valence-electron chi connectivity index (χ3n) is 5.57. The lowest BCUT2D eigenvalue weighted by Gasteiger charge is -2.40. The summed E-state index contributed by atoms with van der Waals surface area (Å²) in [5.74, 6) is -1.42. The highest BCUT2D eigenvalue weighted by molar-refractivity contribution is 9.11. The standard InChI is InChI=1S/C19H26Br2N2O7/c20-9-5-8(13(22)12(21)6-9)7-23-10-1-3-11(4-2-10)29-19-16(26)14(24)15(25)17(30-19)18(27)28/h5-6,10-11,14-17,19,23-26H,1-4,7,22H2,(H,27,28)/t10?,11?,14-,15-,16+,17-,19+/m0/s1. The maximum Gasteiger partial charge on any atom is 0.335 e. The fourth-order valence-electron chi connectivity index (χ4n) is 3.80. The smallest absolute Gasteiger partial charge is 0.335 e. The molecule has 168 valence electrons. The molecule has 0 spiro atoms. The van der Waals surface area contributed by atoms with Crippen molar-refractivity contribution in [2.45, 2.75) is 75.1 Å². The lowest BCUT2D eigenvalue weighted by Crippen LogP contribution is -2.61. The first-order valence-corrected chi connectivity index (χ1v) is 11.3. The van der Waals surface area contributed by atoms with Gasteiger partial charge in [0.15, 0.2) is 12.4 Å². The fraction of sp³-hybridized carbons (Fsp3) is 0.632. The van der Waals surface area contributed by atoms with E-state index in [1.54, 1.807) is 0 Å². The molecule has 7 N–H and O–H groups in total. The van der Waals surface area contributed by atoms with Crippen LogP contribution in [0.4, 0.5) is 5.69 Å². The van der Waals surface area contributed by atoms with Gasteiger partial charge >= 0.3 is 5.97 Å². The Bertz CT molecular complexity index is 761. The van der Waals surface area contributed by atoms with Gasteiger partial charge in [-0.2, -0.15) is 0 Å². The molecule has 1 saturated heterocycles. The normalized spacial score (nSPS) is 34.6. The van der Waals surface area contributed by atoms with E-state index in [-0.39, 0.29) is 12.1 Å². The average Bonchev–Trinajstić information content (AvgIpc) is 2.70. The van der Waals surface area contributed by atoms with E-state index in [1.807, 2.05) is 12.1 Å². The Balaban J connectivity index is 1.49. The van der Waals surface area contributed by atoms with Crippen molar-refractivity contribution in [2.24, 2.45) is 0 Å². The molecule has 9 nitrogen and oxygen atoms in total. The molecule has 5 atom stereocenters. The number of nitrogens with one attached hydrogen (secondary N) is 1. The Hall–Kier alpha value is -0.790. The number of hydrogen-bond donors (Lipinski definition) is 6. The molecule has 0 aromatic heterocycles. The van der Waals surface area contributed by atoms with E-state index in [0.717, 1.165) is 27.4 Å². The van der Waals surface area contributed by atoms with E-state index in [0.29, 0.717) is 25.1 Å². The van der Waals surface area contributed by atoms with E-state index in [4.69, 9.17) is 20.3 Å². The molecule has 0 amide bonds. The molecule has 11 heteroatoms. The molecule has 1 aliphatic carbocycles. The molecule has 2 aliphatic rings. The van der Waals surface area contributed by atoms with Crippen LogP contribution in [0, 0.1) is 0 Å². The molecule has 1 aromatic carbocycles. The number of rotatable bonds is 6. The minimum atomic E-state index is -1.72. The van der Waals surface area contributed by atoms with Gasteiger partial charge in [-0.25, -0.2) is 4.79 Å². The Morgan fingerprint density at radius 3 is 2.43 bits per heavy atom. The zero-order valence-electron chi connectivity index (χ0n) is 16.1. The second kappa shape index (κ2) is 10.2. The number of anilines is 1. The van der Waals surface area contributed by atoms with Crippen molar-refractivity contribution in [3.63, 3.8) is 0 Å². The monoisotopic (exact) mass is 552 g/mol. The van der Waals surface area contributed by atoms with Crippen LogP contribution in [0.2, 0.25) is 0 Å². The number of aliphatic hydroxyl groups is 3. The summed E-state index contributed by atoms with van der Waals surface area (Å²) in [6.45, 7) is 0.620. The molecule has 0 unspecified atom stereocenters. The molecule has 1 saturated carbocycles. The number of benzene rings is 1. The number of aliphatic carboxylic acids is 1. The van der Waals surface area contributed by atoms with Crippen molar-refractivity contribution >= 4 is 43.5 Å². The molecule has 0 bridgehead atoms. The van der Waals surface area contributed by atoms with Crippen LogP contribution in [0.25, 0.3) is 0 Å². The number of halogens is 2. The highest BCUT2D eigenvalue weighted by Gasteiger charge is 2.48. The number of nitrogen functional groups attached to an aromatic ring is 1. The average molecular weight is 554 g/mol. The van der Waals surface area contributed by atoms with Crippen LogP contribution in [-0.4, -0.2) is 69.2 Å². The van der Waals surface area contributed by atoms with E-state index >= 15 is 0 Å². The number of carboxylic acid groups (broad SMARTS) is 1. The van der Waals surface area contributed by atoms with E-state index in [2.05, 4.69) is 37.2 Å². The van der Waals surface area contributed by atoms with Gasteiger partial charge in [0.2, 0.25) is 0 Å². The molecule has 0 radical (unpaired) electrons. The van der Waals surface area contributed by atoms with Crippen molar-refractivity contribution in [3.8, 4) is 0 Å². The fourth-order valence-corrected chi connectivity index (χ4v) is 5.11. The molecule has 30 heavy (non-hydrogen) atoms. The first-order valence-electron chi connectivity index (χ1n) is 9.72. The SMILES string of the molecule is Nc1c(Br)cc(Br)cc1CNC1CCC(O[C@@H]2O[C@H](C(=O)O)[C@@H](O)[C@H](O)[C@H]2O)CC1. The van der Waals surface area contributed by atoms with Crippen molar-refractivity contribution in [3.05, 3.63) is 26.6 Å².